The third-order valence-corrected chi connectivity index (χ3v) is 12.2. The summed E-state index contributed by atoms with van der Waals surface area (Å²) in [5.74, 6) is 1.05. The number of allylic oxidation sites excluding steroid dienone is 1. The SMILES string of the molecule is C1=C(c2ccc3oc4ccc5oc6ccc(-c7ccc8oc9ccc(-c%10ccccc%10)cc9c8c7)cc6c5c4c3c2)CCc2oc3ccc(-c4ccccc4)cc3c21. The monoisotopic (exact) mass is 744 g/mol. The van der Waals surface area contributed by atoms with Crippen molar-refractivity contribution in [1.82, 2.24) is 0 Å². The number of fused-ring (bicyclic) bond motifs is 13. The van der Waals surface area contributed by atoms with Gasteiger partial charge in [-0.3, -0.25) is 0 Å². The molecule has 272 valence electrons. The van der Waals surface area contributed by atoms with Gasteiger partial charge in [0.2, 0.25) is 0 Å². The molecule has 0 saturated heterocycles. The van der Waals surface area contributed by atoms with E-state index in [1.54, 1.807) is 0 Å². The quantitative estimate of drug-likeness (QED) is 0.180. The van der Waals surface area contributed by atoms with Gasteiger partial charge in [0.05, 0.1) is 0 Å². The molecule has 0 radical (unpaired) electrons. The van der Waals surface area contributed by atoms with Crippen molar-refractivity contribution in [2.75, 3.05) is 0 Å². The third kappa shape index (κ3) is 4.75. The molecule has 0 amide bonds. The molecule has 0 unspecified atom stereocenters. The third-order valence-electron chi connectivity index (χ3n) is 12.2. The predicted molar refractivity (Wildman–Crippen MR) is 237 cm³/mol. The Labute approximate surface area is 331 Å². The first kappa shape index (κ1) is 31.6. The second-order valence-electron chi connectivity index (χ2n) is 15.5. The Morgan fingerprint density at radius 1 is 0.293 bits per heavy atom. The van der Waals surface area contributed by atoms with Gasteiger partial charge in [0, 0.05) is 49.7 Å². The van der Waals surface area contributed by atoms with Crippen molar-refractivity contribution in [3.8, 4) is 33.4 Å². The number of furan rings is 4. The molecule has 0 saturated carbocycles. The Balaban J connectivity index is 0.938. The van der Waals surface area contributed by atoms with Crippen LogP contribution in [0.15, 0.2) is 181 Å². The molecule has 8 aromatic carbocycles. The highest BCUT2D eigenvalue weighted by molar-refractivity contribution is 6.26. The van der Waals surface area contributed by atoms with E-state index in [1.165, 1.54) is 39.0 Å². The number of benzene rings is 8. The van der Waals surface area contributed by atoms with E-state index < -0.39 is 0 Å². The fraction of sp³-hybridized carbons (Fsp3) is 0.0370. The van der Waals surface area contributed by atoms with Gasteiger partial charge in [-0.05, 0) is 130 Å². The van der Waals surface area contributed by atoms with Gasteiger partial charge in [0.25, 0.3) is 0 Å². The zero-order chi connectivity index (χ0) is 37.9. The van der Waals surface area contributed by atoms with E-state index in [2.05, 4.69) is 152 Å². The van der Waals surface area contributed by atoms with Crippen LogP contribution in [0.5, 0.6) is 0 Å². The molecule has 0 N–H and O–H groups in total. The summed E-state index contributed by atoms with van der Waals surface area (Å²) in [5, 5.41) is 7.66. The molecule has 4 heteroatoms. The van der Waals surface area contributed by atoms with E-state index in [9.17, 15) is 0 Å². The molecule has 4 aromatic heterocycles. The van der Waals surface area contributed by atoms with Gasteiger partial charge in [0.1, 0.15) is 44.8 Å². The van der Waals surface area contributed by atoms with Gasteiger partial charge in [-0.1, -0.05) is 91.0 Å². The lowest BCUT2D eigenvalue weighted by molar-refractivity contribution is 0.548. The summed E-state index contributed by atoms with van der Waals surface area (Å²) in [6, 6.07) is 57.7. The number of hydrogen-bond acceptors (Lipinski definition) is 4. The standard InChI is InChI=1S/C54H32O4/c1-3-7-31(8-4-1)33-11-17-45-39(25-33)41-27-35(13-19-47(41)55-45)37-15-21-49-43(29-37)53-51(57-49)23-24-52-54(53)44-30-38(16-22-50(44)58-52)36-14-20-48-42(28-36)40-26-34(12-18-46(40)56-48)32-9-5-2-6-10-32/h1-13,15-19,21-30H,14,20H2. The van der Waals surface area contributed by atoms with Crippen molar-refractivity contribution in [3.63, 3.8) is 0 Å². The molecule has 1 aliphatic rings. The van der Waals surface area contributed by atoms with E-state index in [4.69, 9.17) is 17.7 Å². The molecule has 0 bridgehead atoms. The van der Waals surface area contributed by atoms with Crippen LogP contribution in [0.4, 0.5) is 0 Å². The number of aryl methyl sites for hydroxylation is 1. The molecule has 0 fully saturated rings. The average molecular weight is 745 g/mol. The molecule has 0 aliphatic heterocycles. The van der Waals surface area contributed by atoms with E-state index in [0.29, 0.717) is 0 Å². The first-order valence-corrected chi connectivity index (χ1v) is 19.8. The van der Waals surface area contributed by atoms with Gasteiger partial charge in [-0.15, -0.1) is 0 Å². The lowest BCUT2D eigenvalue weighted by Crippen LogP contribution is -1.96. The van der Waals surface area contributed by atoms with E-state index in [1.807, 2.05) is 18.2 Å². The lowest BCUT2D eigenvalue weighted by Gasteiger charge is -2.13. The maximum absolute atomic E-state index is 6.53. The van der Waals surface area contributed by atoms with Crippen LogP contribution in [0.1, 0.15) is 23.3 Å². The van der Waals surface area contributed by atoms with Crippen LogP contribution in [0, 0.1) is 0 Å². The summed E-state index contributed by atoms with van der Waals surface area (Å²) >= 11 is 0. The van der Waals surface area contributed by atoms with Crippen molar-refractivity contribution in [2.24, 2.45) is 0 Å². The Bertz CT molecular complexity index is 3660. The Kier molecular flexibility index (Phi) is 6.53. The first-order valence-electron chi connectivity index (χ1n) is 19.8. The van der Waals surface area contributed by atoms with Crippen LogP contribution in [0.25, 0.3) is 122 Å². The first-order chi connectivity index (χ1) is 28.7. The molecule has 1 aliphatic carbocycles. The van der Waals surface area contributed by atoms with Crippen LogP contribution in [-0.4, -0.2) is 0 Å². The van der Waals surface area contributed by atoms with Crippen molar-refractivity contribution in [2.45, 2.75) is 12.8 Å². The van der Waals surface area contributed by atoms with E-state index in [0.717, 1.165) is 107 Å². The molecule has 4 nitrogen and oxygen atoms in total. The van der Waals surface area contributed by atoms with Crippen molar-refractivity contribution in [3.05, 3.63) is 181 Å². The molecular weight excluding hydrogens is 713 g/mol. The van der Waals surface area contributed by atoms with E-state index >= 15 is 0 Å². The highest BCUT2D eigenvalue weighted by atomic mass is 16.3. The number of rotatable bonds is 4. The van der Waals surface area contributed by atoms with Crippen LogP contribution < -0.4 is 0 Å². The normalized spacial score (nSPS) is 13.1. The topological polar surface area (TPSA) is 52.6 Å². The zero-order valence-electron chi connectivity index (χ0n) is 31.2. The maximum atomic E-state index is 6.53. The lowest BCUT2D eigenvalue weighted by atomic mass is 9.90. The van der Waals surface area contributed by atoms with Crippen molar-refractivity contribution >= 4 is 88.4 Å². The molecule has 0 atom stereocenters. The van der Waals surface area contributed by atoms with Gasteiger partial charge in [-0.25, -0.2) is 0 Å². The minimum Gasteiger partial charge on any atom is -0.460 e. The van der Waals surface area contributed by atoms with Crippen molar-refractivity contribution < 1.29 is 17.7 Å². The highest BCUT2D eigenvalue weighted by Gasteiger charge is 2.22. The highest BCUT2D eigenvalue weighted by Crippen LogP contribution is 2.44. The van der Waals surface area contributed by atoms with Gasteiger partial charge >= 0.3 is 0 Å². The molecule has 0 spiro atoms. The second-order valence-corrected chi connectivity index (χ2v) is 15.5. The summed E-state index contributed by atoms with van der Waals surface area (Å²) < 4.78 is 25.7. The van der Waals surface area contributed by atoms with Gasteiger partial charge in [-0.2, -0.15) is 0 Å². The molecular formula is C54H32O4. The summed E-state index contributed by atoms with van der Waals surface area (Å²) in [4.78, 5) is 0. The van der Waals surface area contributed by atoms with Crippen molar-refractivity contribution in [1.29, 1.82) is 0 Å². The minimum absolute atomic E-state index is 0.845. The molecule has 13 rings (SSSR count). The maximum Gasteiger partial charge on any atom is 0.136 e. The average Bonchev–Trinajstić information content (AvgIpc) is 4.05. The fourth-order valence-corrected chi connectivity index (χ4v) is 9.33. The van der Waals surface area contributed by atoms with Crippen LogP contribution in [-0.2, 0) is 6.42 Å². The van der Waals surface area contributed by atoms with Crippen LogP contribution in [0.2, 0.25) is 0 Å². The van der Waals surface area contributed by atoms with Crippen LogP contribution >= 0.6 is 0 Å². The second kappa shape index (κ2) is 12.0. The van der Waals surface area contributed by atoms with Gasteiger partial charge < -0.3 is 17.7 Å². The largest absolute Gasteiger partial charge is 0.460 e. The minimum atomic E-state index is 0.845. The summed E-state index contributed by atoms with van der Waals surface area (Å²) in [6.45, 7) is 0. The molecule has 12 aromatic rings. The van der Waals surface area contributed by atoms with Crippen LogP contribution in [0.3, 0.4) is 0 Å². The Morgan fingerprint density at radius 2 is 0.690 bits per heavy atom. The Hall–Kier alpha value is -7.56. The fourth-order valence-electron chi connectivity index (χ4n) is 9.33. The number of hydrogen-bond donors (Lipinski definition) is 0. The summed E-state index contributed by atoms with van der Waals surface area (Å²) in [6.07, 6.45) is 4.09. The predicted octanol–water partition coefficient (Wildman–Crippen LogP) is 15.6. The smallest absolute Gasteiger partial charge is 0.136 e. The molecule has 58 heavy (non-hydrogen) atoms. The van der Waals surface area contributed by atoms with Gasteiger partial charge in [0.15, 0.2) is 0 Å². The Morgan fingerprint density at radius 3 is 1.24 bits per heavy atom. The van der Waals surface area contributed by atoms with E-state index in [-0.39, 0.29) is 0 Å². The zero-order valence-corrected chi connectivity index (χ0v) is 31.2. The summed E-state index contributed by atoms with van der Waals surface area (Å²) in [5.41, 5.74) is 16.8. The molecule has 4 heterocycles. The summed E-state index contributed by atoms with van der Waals surface area (Å²) in [7, 11) is 0.